The monoisotopic (exact) mass is 414 g/mol. The maximum absolute atomic E-state index is 12.2. The first-order chi connectivity index (χ1) is 9.99. The molecule has 2 aromatic rings. The van der Waals surface area contributed by atoms with Gasteiger partial charge in [0.05, 0.1) is 5.56 Å². The summed E-state index contributed by atoms with van der Waals surface area (Å²) in [6.07, 6.45) is -0.869. The van der Waals surface area contributed by atoms with Crippen LogP contribution in [-0.2, 0) is 4.74 Å². The molecule has 2 aromatic carbocycles. The van der Waals surface area contributed by atoms with Crippen LogP contribution in [-0.4, -0.2) is 17.9 Å². The summed E-state index contributed by atoms with van der Waals surface area (Å²) in [4.78, 5) is 24.3. The SMILES string of the molecule is CC(OC(=O)c1ccccc1I)C(=O)c1cccc(Cl)c1. The summed E-state index contributed by atoms with van der Waals surface area (Å²) >= 11 is 7.91. The molecule has 0 radical (unpaired) electrons. The number of hydrogen-bond donors (Lipinski definition) is 0. The molecule has 0 bridgehead atoms. The van der Waals surface area contributed by atoms with Crippen LogP contribution in [0.1, 0.15) is 27.6 Å². The van der Waals surface area contributed by atoms with Gasteiger partial charge in [0, 0.05) is 14.2 Å². The van der Waals surface area contributed by atoms with E-state index in [0.717, 1.165) is 3.57 Å². The average molecular weight is 415 g/mol. The number of esters is 1. The van der Waals surface area contributed by atoms with Gasteiger partial charge in [-0.05, 0) is 53.8 Å². The Hall–Kier alpha value is -1.40. The fraction of sp³-hybridized carbons (Fsp3) is 0.125. The molecule has 5 heteroatoms. The minimum absolute atomic E-state index is 0.281. The zero-order chi connectivity index (χ0) is 15.4. The third kappa shape index (κ3) is 4.04. The maximum atomic E-state index is 12.2. The van der Waals surface area contributed by atoms with Crippen LogP contribution < -0.4 is 0 Å². The molecule has 0 aliphatic rings. The molecular formula is C16H12ClIO3. The second-order valence-electron chi connectivity index (χ2n) is 4.40. The normalized spacial score (nSPS) is 11.8. The van der Waals surface area contributed by atoms with Gasteiger partial charge < -0.3 is 4.74 Å². The number of carbonyl (C=O) groups is 2. The van der Waals surface area contributed by atoms with Crippen LogP contribution in [0.15, 0.2) is 48.5 Å². The third-order valence-electron chi connectivity index (χ3n) is 2.86. The van der Waals surface area contributed by atoms with Crippen LogP contribution in [0.3, 0.4) is 0 Å². The van der Waals surface area contributed by atoms with Gasteiger partial charge in [0.1, 0.15) is 0 Å². The minimum atomic E-state index is -0.869. The topological polar surface area (TPSA) is 43.4 Å². The Balaban J connectivity index is 2.11. The van der Waals surface area contributed by atoms with Gasteiger partial charge in [0.2, 0.25) is 5.78 Å². The average Bonchev–Trinajstić information content (AvgIpc) is 2.46. The molecule has 0 fully saturated rings. The summed E-state index contributed by atoms with van der Waals surface area (Å²) in [6.45, 7) is 1.55. The lowest BCUT2D eigenvalue weighted by Crippen LogP contribution is -2.24. The van der Waals surface area contributed by atoms with Crippen LogP contribution >= 0.6 is 34.2 Å². The van der Waals surface area contributed by atoms with Crippen LogP contribution in [0.25, 0.3) is 0 Å². The van der Waals surface area contributed by atoms with Crippen molar-refractivity contribution < 1.29 is 14.3 Å². The summed E-state index contributed by atoms with van der Waals surface area (Å²) in [5, 5.41) is 0.469. The first kappa shape index (κ1) is 16.0. The predicted molar refractivity (Wildman–Crippen MR) is 89.8 cm³/mol. The summed E-state index contributed by atoms with van der Waals surface area (Å²) in [5.41, 5.74) is 0.870. The first-order valence-electron chi connectivity index (χ1n) is 6.24. The van der Waals surface area contributed by atoms with E-state index in [4.69, 9.17) is 16.3 Å². The molecule has 0 spiro atoms. The van der Waals surface area contributed by atoms with Gasteiger partial charge in [0.25, 0.3) is 0 Å². The molecule has 0 aromatic heterocycles. The summed E-state index contributed by atoms with van der Waals surface area (Å²) in [7, 11) is 0. The Morgan fingerprint density at radius 2 is 1.86 bits per heavy atom. The zero-order valence-corrected chi connectivity index (χ0v) is 14.1. The molecule has 0 saturated carbocycles. The van der Waals surface area contributed by atoms with Gasteiger partial charge in [-0.1, -0.05) is 35.9 Å². The number of benzene rings is 2. The van der Waals surface area contributed by atoms with Gasteiger partial charge >= 0.3 is 5.97 Å². The number of ketones is 1. The van der Waals surface area contributed by atoms with E-state index in [9.17, 15) is 9.59 Å². The largest absolute Gasteiger partial charge is 0.451 e. The minimum Gasteiger partial charge on any atom is -0.451 e. The van der Waals surface area contributed by atoms with Gasteiger partial charge in [-0.3, -0.25) is 4.79 Å². The number of ether oxygens (including phenoxy) is 1. The molecule has 0 amide bonds. The maximum Gasteiger partial charge on any atom is 0.339 e. The molecule has 1 atom stereocenters. The Kier molecular flexibility index (Phi) is 5.36. The highest BCUT2D eigenvalue weighted by Gasteiger charge is 2.21. The number of carbonyl (C=O) groups excluding carboxylic acids is 2. The number of Topliss-reactive ketones (excluding diaryl/α,β-unsaturated/α-hetero) is 1. The molecule has 108 valence electrons. The standard InChI is InChI=1S/C16H12ClIO3/c1-10(15(19)11-5-4-6-12(17)9-11)21-16(20)13-7-2-3-8-14(13)18/h2-10H,1H3. The number of halogens is 2. The smallest absolute Gasteiger partial charge is 0.339 e. The van der Waals surface area contributed by atoms with Crippen LogP contribution in [0.2, 0.25) is 5.02 Å². The molecule has 0 aliphatic heterocycles. The fourth-order valence-electron chi connectivity index (χ4n) is 1.78. The number of rotatable bonds is 4. The van der Waals surface area contributed by atoms with Crippen molar-refractivity contribution in [3.63, 3.8) is 0 Å². The molecular weight excluding hydrogens is 403 g/mol. The molecule has 0 heterocycles. The van der Waals surface area contributed by atoms with E-state index in [0.29, 0.717) is 16.1 Å². The highest BCUT2D eigenvalue weighted by Crippen LogP contribution is 2.16. The van der Waals surface area contributed by atoms with Crippen LogP contribution in [0.5, 0.6) is 0 Å². The fourth-order valence-corrected chi connectivity index (χ4v) is 2.58. The summed E-state index contributed by atoms with van der Waals surface area (Å²) < 4.78 is 6.02. The van der Waals surface area contributed by atoms with Crippen molar-refractivity contribution in [2.24, 2.45) is 0 Å². The zero-order valence-electron chi connectivity index (χ0n) is 11.2. The van der Waals surface area contributed by atoms with E-state index < -0.39 is 12.1 Å². The van der Waals surface area contributed by atoms with Crippen LogP contribution in [0.4, 0.5) is 0 Å². The number of hydrogen-bond acceptors (Lipinski definition) is 3. The summed E-state index contributed by atoms with van der Waals surface area (Å²) in [6, 6.07) is 13.6. The Labute approximate surface area is 141 Å². The van der Waals surface area contributed by atoms with Crippen molar-refractivity contribution in [3.8, 4) is 0 Å². The van der Waals surface area contributed by atoms with Gasteiger partial charge in [-0.25, -0.2) is 4.79 Å². The Morgan fingerprint density at radius 1 is 1.14 bits per heavy atom. The lowest BCUT2D eigenvalue weighted by molar-refractivity contribution is 0.0318. The van der Waals surface area contributed by atoms with E-state index in [1.54, 1.807) is 49.4 Å². The Bertz CT molecular complexity index is 685. The van der Waals surface area contributed by atoms with Crippen LogP contribution in [0, 0.1) is 3.57 Å². The first-order valence-corrected chi connectivity index (χ1v) is 7.70. The molecule has 21 heavy (non-hydrogen) atoms. The second-order valence-corrected chi connectivity index (χ2v) is 6.00. The Morgan fingerprint density at radius 3 is 2.52 bits per heavy atom. The van der Waals surface area contributed by atoms with E-state index in [1.807, 2.05) is 6.07 Å². The van der Waals surface area contributed by atoms with E-state index in [1.165, 1.54) is 0 Å². The third-order valence-corrected chi connectivity index (χ3v) is 4.03. The van der Waals surface area contributed by atoms with E-state index >= 15 is 0 Å². The highest BCUT2D eigenvalue weighted by atomic mass is 127. The highest BCUT2D eigenvalue weighted by molar-refractivity contribution is 14.1. The van der Waals surface area contributed by atoms with E-state index in [2.05, 4.69) is 22.6 Å². The molecule has 3 nitrogen and oxygen atoms in total. The van der Waals surface area contributed by atoms with Crippen molar-refractivity contribution in [2.75, 3.05) is 0 Å². The lowest BCUT2D eigenvalue weighted by Gasteiger charge is -2.13. The molecule has 0 aliphatic carbocycles. The quantitative estimate of drug-likeness (QED) is 0.424. The van der Waals surface area contributed by atoms with Crippen molar-refractivity contribution in [3.05, 3.63) is 68.3 Å². The van der Waals surface area contributed by atoms with Gasteiger partial charge in [-0.2, -0.15) is 0 Å². The van der Waals surface area contributed by atoms with Gasteiger partial charge in [0.15, 0.2) is 6.10 Å². The van der Waals surface area contributed by atoms with Crippen molar-refractivity contribution in [1.82, 2.24) is 0 Å². The summed E-state index contributed by atoms with van der Waals surface area (Å²) in [5.74, 6) is -0.792. The van der Waals surface area contributed by atoms with Crippen molar-refractivity contribution in [1.29, 1.82) is 0 Å². The van der Waals surface area contributed by atoms with Crippen molar-refractivity contribution in [2.45, 2.75) is 13.0 Å². The molecule has 0 N–H and O–H groups in total. The lowest BCUT2D eigenvalue weighted by atomic mass is 10.1. The molecule has 0 saturated heterocycles. The van der Waals surface area contributed by atoms with Gasteiger partial charge in [-0.15, -0.1) is 0 Å². The molecule has 2 rings (SSSR count). The van der Waals surface area contributed by atoms with E-state index in [-0.39, 0.29) is 5.78 Å². The second kappa shape index (κ2) is 7.04. The predicted octanol–water partition coefficient (Wildman–Crippen LogP) is 4.37. The molecule has 1 unspecified atom stereocenters. The van der Waals surface area contributed by atoms with Crippen molar-refractivity contribution >= 4 is 45.9 Å².